The number of alkyl halides is 3. The summed E-state index contributed by atoms with van der Waals surface area (Å²) in [5.74, 6) is -0.325. The third-order valence-corrected chi connectivity index (χ3v) is 2.91. The Bertz CT molecular complexity index is 647. The lowest BCUT2D eigenvalue weighted by Crippen LogP contribution is -2.27. The van der Waals surface area contributed by atoms with E-state index >= 15 is 0 Å². The average Bonchev–Trinajstić information content (AvgIpc) is 2.48. The molecule has 0 fully saturated rings. The van der Waals surface area contributed by atoms with Gasteiger partial charge in [0.1, 0.15) is 17.2 Å². The van der Waals surface area contributed by atoms with Gasteiger partial charge in [0, 0.05) is 18.3 Å². The summed E-state index contributed by atoms with van der Waals surface area (Å²) in [6, 6.07) is 0. The minimum Gasteiger partial charge on any atom is -0.351 e. The number of hydrogen-bond acceptors (Lipinski definition) is 4. The van der Waals surface area contributed by atoms with Crippen LogP contribution in [0.4, 0.5) is 19.0 Å². The van der Waals surface area contributed by atoms with Crippen LogP contribution < -0.4 is 10.6 Å². The highest BCUT2D eigenvalue weighted by Gasteiger charge is 2.35. The smallest absolute Gasteiger partial charge is 0.351 e. The van der Waals surface area contributed by atoms with Crippen molar-refractivity contribution < 1.29 is 18.0 Å². The van der Waals surface area contributed by atoms with Gasteiger partial charge < -0.3 is 10.6 Å². The first-order valence-electron chi connectivity index (χ1n) is 7.42. The van der Waals surface area contributed by atoms with Gasteiger partial charge in [0.2, 0.25) is 5.91 Å². The van der Waals surface area contributed by atoms with Gasteiger partial charge in [0.15, 0.2) is 0 Å². The fraction of sp³-hybridized carbons (Fsp3) is 0.438. The first-order valence-corrected chi connectivity index (χ1v) is 7.42. The van der Waals surface area contributed by atoms with Gasteiger partial charge in [0.05, 0.1) is 6.54 Å². The summed E-state index contributed by atoms with van der Waals surface area (Å²) in [7, 11) is 0. The lowest BCUT2D eigenvalue weighted by atomic mass is 10.2. The lowest BCUT2D eigenvalue weighted by molar-refractivity contribution is -0.137. The molecule has 1 aromatic heterocycles. The Morgan fingerprint density at radius 2 is 1.96 bits per heavy atom. The lowest BCUT2D eigenvalue weighted by Gasteiger charge is -2.16. The molecule has 0 atom stereocenters. The van der Waals surface area contributed by atoms with Crippen molar-refractivity contribution in [2.45, 2.75) is 40.3 Å². The summed E-state index contributed by atoms with van der Waals surface area (Å²) < 4.78 is 39.3. The maximum Gasteiger partial charge on any atom is 0.421 e. The molecule has 132 valence electrons. The molecular formula is C16H21F3N4O. The number of nitrogens with one attached hydrogen (secondary N) is 2. The first kappa shape index (κ1) is 19.7. The molecule has 0 saturated carbocycles. The van der Waals surface area contributed by atoms with Gasteiger partial charge in [-0.1, -0.05) is 18.6 Å². The summed E-state index contributed by atoms with van der Waals surface area (Å²) in [4.78, 5) is 18.8. The fourth-order valence-electron chi connectivity index (χ4n) is 1.66. The number of hydrogen-bond donors (Lipinski definition) is 2. The fourth-order valence-corrected chi connectivity index (χ4v) is 1.66. The van der Waals surface area contributed by atoms with E-state index in [2.05, 4.69) is 20.6 Å². The van der Waals surface area contributed by atoms with Crippen LogP contribution in [0.1, 0.15) is 38.6 Å². The van der Waals surface area contributed by atoms with Gasteiger partial charge >= 0.3 is 6.18 Å². The molecule has 8 heteroatoms. The molecule has 0 aliphatic carbocycles. The van der Waals surface area contributed by atoms with Crippen molar-refractivity contribution in [3.63, 3.8) is 0 Å². The Morgan fingerprint density at radius 1 is 1.29 bits per heavy atom. The van der Waals surface area contributed by atoms with Crippen molar-refractivity contribution in [2.75, 3.05) is 11.9 Å². The second-order valence-corrected chi connectivity index (χ2v) is 5.37. The average molecular weight is 342 g/mol. The predicted octanol–water partition coefficient (Wildman–Crippen LogP) is 3.59. The van der Waals surface area contributed by atoms with Crippen molar-refractivity contribution in [1.82, 2.24) is 15.3 Å². The van der Waals surface area contributed by atoms with Gasteiger partial charge in [-0.25, -0.2) is 9.97 Å². The second-order valence-electron chi connectivity index (χ2n) is 5.37. The van der Waals surface area contributed by atoms with E-state index < -0.39 is 11.7 Å². The van der Waals surface area contributed by atoms with Crippen LogP contribution in [0.2, 0.25) is 0 Å². The van der Waals surface area contributed by atoms with Gasteiger partial charge in [-0.05, 0) is 26.8 Å². The van der Waals surface area contributed by atoms with Gasteiger partial charge in [-0.2, -0.15) is 13.2 Å². The standard InChI is InChI=1S/C16H21F3N4O/c1-5-14(24)21-8-12(7-6-10(2)3)23-15-13(16(17,18)19)9-20-11(4)22-15/h6-7,9H,5,8H2,1-4H3,(H,21,24)(H,20,22,23)/b12-7+. The van der Waals surface area contributed by atoms with E-state index in [0.717, 1.165) is 11.8 Å². The summed E-state index contributed by atoms with van der Waals surface area (Å²) in [6.45, 7) is 6.97. The Hall–Kier alpha value is -2.38. The van der Waals surface area contributed by atoms with Crippen LogP contribution in [0.25, 0.3) is 0 Å². The number of halogens is 3. The number of carbonyl (C=O) groups is 1. The van der Waals surface area contributed by atoms with Crippen LogP contribution in [0.15, 0.2) is 29.6 Å². The Morgan fingerprint density at radius 3 is 2.50 bits per heavy atom. The summed E-state index contributed by atoms with van der Waals surface area (Å²) in [5.41, 5.74) is 0.394. The highest BCUT2D eigenvalue weighted by molar-refractivity contribution is 5.75. The van der Waals surface area contributed by atoms with Crippen molar-refractivity contribution in [3.05, 3.63) is 41.0 Å². The minimum absolute atomic E-state index is 0.0663. The molecule has 1 amide bonds. The number of rotatable bonds is 6. The third kappa shape index (κ3) is 6.39. The normalized spacial score (nSPS) is 11.9. The molecule has 1 heterocycles. The van der Waals surface area contributed by atoms with E-state index in [1.54, 1.807) is 19.1 Å². The molecular weight excluding hydrogens is 321 g/mol. The SMILES string of the molecule is CCC(=O)NC/C(=C\C=C(C)C)Nc1nc(C)ncc1C(F)(F)F. The summed E-state index contributed by atoms with van der Waals surface area (Å²) in [6.07, 6.45) is -0.195. The number of nitrogens with zero attached hydrogens (tertiary/aromatic N) is 2. The molecule has 1 rings (SSSR count). The van der Waals surface area contributed by atoms with E-state index in [-0.39, 0.29) is 30.5 Å². The third-order valence-electron chi connectivity index (χ3n) is 2.91. The Kier molecular flexibility index (Phi) is 6.94. The minimum atomic E-state index is -4.58. The molecule has 0 radical (unpaired) electrons. The zero-order valence-corrected chi connectivity index (χ0v) is 14.1. The van der Waals surface area contributed by atoms with Crippen molar-refractivity contribution in [3.8, 4) is 0 Å². The largest absolute Gasteiger partial charge is 0.421 e. The first-order chi connectivity index (χ1) is 11.1. The number of carbonyl (C=O) groups excluding carboxylic acids is 1. The Balaban J connectivity index is 3.14. The number of aryl methyl sites for hydroxylation is 1. The van der Waals surface area contributed by atoms with Crippen molar-refractivity contribution >= 4 is 11.7 Å². The van der Waals surface area contributed by atoms with Crippen LogP contribution in [0.5, 0.6) is 0 Å². The molecule has 5 nitrogen and oxygen atoms in total. The monoisotopic (exact) mass is 342 g/mol. The number of allylic oxidation sites excluding steroid dienone is 3. The molecule has 0 bridgehead atoms. The highest BCUT2D eigenvalue weighted by atomic mass is 19.4. The molecule has 2 N–H and O–H groups in total. The van der Waals surface area contributed by atoms with Crippen LogP contribution in [0, 0.1) is 6.92 Å². The van der Waals surface area contributed by atoms with E-state index in [9.17, 15) is 18.0 Å². The van der Waals surface area contributed by atoms with Crippen LogP contribution in [0.3, 0.4) is 0 Å². The molecule has 0 unspecified atom stereocenters. The van der Waals surface area contributed by atoms with Gasteiger partial charge in [-0.15, -0.1) is 0 Å². The van der Waals surface area contributed by atoms with Crippen LogP contribution >= 0.6 is 0 Å². The topological polar surface area (TPSA) is 66.9 Å². The van der Waals surface area contributed by atoms with Crippen molar-refractivity contribution in [2.24, 2.45) is 0 Å². The predicted molar refractivity (Wildman–Crippen MR) is 86.2 cm³/mol. The quantitative estimate of drug-likeness (QED) is 0.775. The molecule has 0 aliphatic rings. The van der Waals surface area contributed by atoms with Gasteiger partial charge in [-0.3, -0.25) is 4.79 Å². The molecule has 0 aliphatic heterocycles. The summed E-state index contributed by atoms with van der Waals surface area (Å²) >= 11 is 0. The van der Waals surface area contributed by atoms with E-state index in [4.69, 9.17) is 0 Å². The highest BCUT2D eigenvalue weighted by Crippen LogP contribution is 2.33. The molecule has 0 aromatic carbocycles. The zero-order chi connectivity index (χ0) is 18.3. The van der Waals surface area contributed by atoms with Crippen LogP contribution in [-0.2, 0) is 11.0 Å². The summed E-state index contributed by atoms with van der Waals surface area (Å²) in [5, 5.41) is 5.29. The molecule has 24 heavy (non-hydrogen) atoms. The Labute approximate surface area is 139 Å². The molecule has 0 saturated heterocycles. The van der Waals surface area contributed by atoms with Crippen molar-refractivity contribution in [1.29, 1.82) is 0 Å². The molecule has 1 aromatic rings. The second kappa shape index (κ2) is 8.47. The number of aromatic nitrogens is 2. The van der Waals surface area contributed by atoms with E-state index in [1.807, 2.05) is 13.8 Å². The maximum absolute atomic E-state index is 13.1. The number of anilines is 1. The maximum atomic E-state index is 13.1. The van der Waals surface area contributed by atoms with E-state index in [1.165, 1.54) is 6.92 Å². The van der Waals surface area contributed by atoms with Crippen LogP contribution in [-0.4, -0.2) is 22.4 Å². The molecule has 0 spiro atoms. The van der Waals surface area contributed by atoms with Gasteiger partial charge in [0.25, 0.3) is 0 Å². The van der Waals surface area contributed by atoms with E-state index in [0.29, 0.717) is 5.70 Å². The number of amides is 1. The zero-order valence-electron chi connectivity index (χ0n) is 14.1.